The fourth-order valence-electron chi connectivity index (χ4n) is 4.18. The van der Waals surface area contributed by atoms with Crippen LogP contribution in [-0.2, 0) is 0 Å². The number of hydrogen-bond acceptors (Lipinski definition) is 4. The molecule has 170 valence electrons. The molecule has 2 heterocycles. The zero-order valence-corrected chi connectivity index (χ0v) is 20.6. The van der Waals surface area contributed by atoms with E-state index in [1.54, 1.807) is 0 Å². The summed E-state index contributed by atoms with van der Waals surface area (Å²) in [7, 11) is 0. The van der Waals surface area contributed by atoms with E-state index in [0.29, 0.717) is 21.9 Å². The van der Waals surface area contributed by atoms with E-state index in [0.717, 1.165) is 28.1 Å². The van der Waals surface area contributed by atoms with Gasteiger partial charge >= 0.3 is 0 Å². The van der Waals surface area contributed by atoms with Gasteiger partial charge < -0.3 is 9.84 Å². The molecule has 1 N–H and O–H groups in total. The van der Waals surface area contributed by atoms with Gasteiger partial charge in [-0.1, -0.05) is 65.3 Å². The smallest absolute Gasteiger partial charge is 0.258 e. The summed E-state index contributed by atoms with van der Waals surface area (Å²) in [4.78, 5) is 6.77. The molecule has 0 aliphatic carbocycles. The standard InChI is InChI=1S/C27H23ClN4OS/c1-16-12-13-19(14-17(16)2)24-23(18(3)32(27(34)29-24)22-10-5-4-6-11-22)26-30-25(31-33-26)20-8-7-9-21(28)15-20/h4-15,24H,1-3H3,(H,29,34). The lowest BCUT2D eigenvalue weighted by atomic mass is 9.92. The first-order chi connectivity index (χ1) is 16.4. The zero-order chi connectivity index (χ0) is 23.8. The molecule has 0 fully saturated rings. The van der Waals surface area contributed by atoms with Crippen molar-refractivity contribution in [3.8, 4) is 11.4 Å². The molecular formula is C27H23ClN4OS. The third-order valence-corrected chi connectivity index (χ3v) is 6.64. The number of nitrogens with one attached hydrogen (secondary N) is 1. The summed E-state index contributed by atoms with van der Waals surface area (Å²) in [6.07, 6.45) is 0. The van der Waals surface area contributed by atoms with Crippen LogP contribution in [0.25, 0.3) is 17.0 Å². The van der Waals surface area contributed by atoms with Crippen molar-refractivity contribution < 1.29 is 4.52 Å². The van der Waals surface area contributed by atoms with Crippen LogP contribution >= 0.6 is 23.8 Å². The number of para-hydroxylation sites is 1. The number of rotatable bonds is 4. The second kappa shape index (κ2) is 9.05. The number of nitrogens with zero attached hydrogens (tertiary/aromatic N) is 3. The Hall–Kier alpha value is -3.48. The van der Waals surface area contributed by atoms with E-state index in [2.05, 4.69) is 42.5 Å². The number of hydrogen-bond donors (Lipinski definition) is 1. The molecule has 1 unspecified atom stereocenters. The number of allylic oxidation sites excluding steroid dienone is 1. The zero-order valence-electron chi connectivity index (χ0n) is 19.0. The Labute approximate surface area is 209 Å². The van der Waals surface area contributed by atoms with Gasteiger partial charge in [0.2, 0.25) is 5.82 Å². The van der Waals surface area contributed by atoms with Crippen molar-refractivity contribution in [2.45, 2.75) is 26.8 Å². The number of anilines is 1. The van der Waals surface area contributed by atoms with Crippen LogP contribution in [0.4, 0.5) is 5.69 Å². The largest absolute Gasteiger partial charge is 0.351 e. The van der Waals surface area contributed by atoms with Gasteiger partial charge in [-0.15, -0.1) is 0 Å². The summed E-state index contributed by atoms with van der Waals surface area (Å²) < 4.78 is 5.82. The number of halogens is 1. The quantitative estimate of drug-likeness (QED) is 0.317. The van der Waals surface area contributed by atoms with E-state index < -0.39 is 0 Å². The first-order valence-electron chi connectivity index (χ1n) is 11.0. The summed E-state index contributed by atoms with van der Waals surface area (Å²) in [5.74, 6) is 0.919. The minimum atomic E-state index is -0.237. The summed E-state index contributed by atoms with van der Waals surface area (Å²) in [6.45, 7) is 6.25. The van der Waals surface area contributed by atoms with Crippen LogP contribution in [0.2, 0.25) is 5.02 Å². The van der Waals surface area contributed by atoms with Gasteiger partial charge in [0.05, 0.1) is 11.6 Å². The lowest BCUT2D eigenvalue weighted by Gasteiger charge is -2.37. The van der Waals surface area contributed by atoms with Crippen molar-refractivity contribution in [2.75, 3.05) is 4.90 Å². The van der Waals surface area contributed by atoms with Crippen LogP contribution in [0, 0.1) is 13.8 Å². The molecule has 5 nitrogen and oxygen atoms in total. The van der Waals surface area contributed by atoms with E-state index in [1.807, 2.05) is 66.4 Å². The maximum absolute atomic E-state index is 6.18. The highest BCUT2D eigenvalue weighted by molar-refractivity contribution is 7.80. The number of aromatic nitrogens is 2. The molecule has 1 atom stereocenters. The third kappa shape index (κ3) is 4.11. The van der Waals surface area contributed by atoms with Crippen molar-refractivity contribution in [1.29, 1.82) is 0 Å². The lowest BCUT2D eigenvalue weighted by molar-refractivity contribution is 0.404. The Kier molecular flexibility index (Phi) is 5.94. The first kappa shape index (κ1) is 22.3. The molecule has 0 saturated heterocycles. The maximum atomic E-state index is 6.18. The molecule has 1 aromatic heterocycles. The fourth-order valence-corrected chi connectivity index (χ4v) is 4.73. The summed E-state index contributed by atoms with van der Waals surface area (Å²) in [5, 5.41) is 9.01. The highest BCUT2D eigenvalue weighted by Gasteiger charge is 2.34. The molecule has 1 aliphatic heterocycles. The highest BCUT2D eigenvalue weighted by Crippen LogP contribution is 2.39. The van der Waals surface area contributed by atoms with Gasteiger partial charge in [-0.25, -0.2) is 0 Å². The van der Waals surface area contributed by atoms with E-state index in [-0.39, 0.29) is 6.04 Å². The monoisotopic (exact) mass is 486 g/mol. The predicted octanol–water partition coefficient (Wildman–Crippen LogP) is 6.87. The molecular weight excluding hydrogens is 464 g/mol. The Balaban J connectivity index is 1.67. The van der Waals surface area contributed by atoms with Gasteiger partial charge in [0.15, 0.2) is 5.11 Å². The van der Waals surface area contributed by atoms with E-state index >= 15 is 0 Å². The average Bonchev–Trinajstić information content (AvgIpc) is 3.31. The molecule has 5 rings (SSSR count). The van der Waals surface area contributed by atoms with E-state index in [1.165, 1.54) is 11.1 Å². The number of aryl methyl sites for hydroxylation is 2. The number of benzene rings is 3. The van der Waals surface area contributed by atoms with Gasteiger partial charge in [-0.3, -0.25) is 4.90 Å². The van der Waals surface area contributed by atoms with E-state index in [9.17, 15) is 0 Å². The van der Waals surface area contributed by atoms with Crippen LogP contribution < -0.4 is 10.2 Å². The van der Waals surface area contributed by atoms with Gasteiger partial charge in [0.25, 0.3) is 5.89 Å². The molecule has 0 bridgehead atoms. The van der Waals surface area contributed by atoms with Gasteiger partial charge in [-0.2, -0.15) is 4.98 Å². The van der Waals surface area contributed by atoms with Crippen LogP contribution in [0.3, 0.4) is 0 Å². The minimum Gasteiger partial charge on any atom is -0.351 e. The molecule has 3 aromatic carbocycles. The molecule has 0 amide bonds. The highest BCUT2D eigenvalue weighted by atomic mass is 35.5. The normalized spacial score (nSPS) is 16.1. The van der Waals surface area contributed by atoms with Gasteiger partial charge in [0.1, 0.15) is 0 Å². The molecule has 7 heteroatoms. The molecule has 34 heavy (non-hydrogen) atoms. The van der Waals surface area contributed by atoms with Crippen LogP contribution in [-0.4, -0.2) is 15.3 Å². The summed E-state index contributed by atoms with van der Waals surface area (Å²) >= 11 is 12.0. The van der Waals surface area contributed by atoms with Gasteiger partial charge in [0, 0.05) is 22.0 Å². The van der Waals surface area contributed by atoms with Crippen molar-refractivity contribution in [2.24, 2.45) is 0 Å². The number of thiocarbonyl (C=S) groups is 1. The van der Waals surface area contributed by atoms with Crippen molar-refractivity contribution in [3.63, 3.8) is 0 Å². The maximum Gasteiger partial charge on any atom is 0.258 e. The van der Waals surface area contributed by atoms with Gasteiger partial charge in [-0.05, 0) is 73.9 Å². The summed E-state index contributed by atoms with van der Waals surface area (Å²) in [6, 6.07) is 23.6. The fraction of sp³-hybridized carbons (Fsp3) is 0.148. The summed E-state index contributed by atoms with van der Waals surface area (Å²) in [5.41, 5.74) is 7.08. The van der Waals surface area contributed by atoms with Crippen molar-refractivity contribution in [1.82, 2.24) is 15.5 Å². The Morgan fingerprint density at radius 3 is 2.47 bits per heavy atom. The van der Waals surface area contributed by atoms with Crippen molar-refractivity contribution in [3.05, 3.63) is 106 Å². The Morgan fingerprint density at radius 1 is 0.941 bits per heavy atom. The second-order valence-electron chi connectivity index (χ2n) is 8.33. The average molecular weight is 487 g/mol. The van der Waals surface area contributed by atoms with Crippen molar-refractivity contribution >= 4 is 40.2 Å². The minimum absolute atomic E-state index is 0.237. The van der Waals surface area contributed by atoms with Crippen LogP contribution in [0.5, 0.6) is 0 Å². The topological polar surface area (TPSA) is 54.2 Å². The predicted molar refractivity (Wildman–Crippen MR) is 141 cm³/mol. The molecule has 0 saturated carbocycles. The molecule has 4 aromatic rings. The Bertz CT molecular complexity index is 1410. The lowest BCUT2D eigenvalue weighted by Crippen LogP contribution is -2.46. The second-order valence-corrected chi connectivity index (χ2v) is 9.15. The first-order valence-corrected chi connectivity index (χ1v) is 11.7. The molecule has 0 spiro atoms. The van der Waals surface area contributed by atoms with E-state index in [4.69, 9.17) is 33.3 Å². The molecule has 0 radical (unpaired) electrons. The van der Waals surface area contributed by atoms with Crippen LogP contribution in [0.1, 0.15) is 35.5 Å². The third-order valence-electron chi connectivity index (χ3n) is 6.10. The SMILES string of the molecule is CC1=C(c2nc(-c3cccc(Cl)c3)no2)C(c2ccc(C)c(C)c2)NC(=S)N1c1ccccc1. The Morgan fingerprint density at radius 2 is 1.74 bits per heavy atom. The van der Waals surface area contributed by atoms with Crippen LogP contribution in [0.15, 0.2) is 83.0 Å². The molecule has 1 aliphatic rings.